The van der Waals surface area contributed by atoms with E-state index in [-0.39, 0.29) is 12.5 Å². The minimum atomic E-state index is 0.0927. The van der Waals surface area contributed by atoms with Crippen LogP contribution in [0.25, 0.3) is 16.5 Å². The van der Waals surface area contributed by atoms with Gasteiger partial charge in [0, 0.05) is 22.4 Å². The van der Waals surface area contributed by atoms with Crippen molar-refractivity contribution in [3.63, 3.8) is 0 Å². The van der Waals surface area contributed by atoms with Gasteiger partial charge in [-0.2, -0.15) is 0 Å². The van der Waals surface area contributed by atoms with Crippen LogP contribution in [0.1, 0.15) is 55.4 Å². The summed E-state index contributed by atoms with van der Waals surface area (Å²) in [5.41, 5.74) is 2.38. The summed E-state index contributed by atoms with van der Waals surface area (Å²) in [6.45, 7) is 0.233. The number of rotatable bonds is 9. The molecule has 3 atom stereocenters. The van der Waals surface area contributed by atoms with Crippen molar-refractivity contribution in [2.75, 3.05) is 13.7 Å². The van der Waals surface area contributed by atoms with Gasteiger partial charge in [0.1, 0.15) is 10.1 Å². The molecule has 7 heteroatoms. The number of aliphatic hydroxyl groups excluding tert-OH is 1. The molecule has 2 bridgehead atoms. The van der Waals surface area contributed by atoms with E-state index in [9.17, 15) is 4.79 Å². The lowest BCUT2D eigenvalue weighted by atomic mass is 9.94. The number of carbonyl (C=O) groups excluding carboxylic acids is 1. The van der Waals surface area contributed by atoms with Crippen molar-refractivity contribution in [2.45, 2.75) is 57.4 Å². The number of fused-ring (bicyclic) bond motifs is 2. The number of carbonyl (C=O) groups is 1. The van der Waals surface area contributed by atoms with Crippen LogP contribution in [-0.2, 0) is 11.2 Å². The first-order valence-electron chi connectivity index (χ1n) is 12.2. The van der Waals surface area contributed by atoms with Crippen LogP contribution in [0.4, 0.5) is 0 Å². The molecule has 2 aliphatic carbocycles. The van der Waals surface area contributed by atoms with Gasteiger partial charge in [0.15, 0.2) is 0 Å². The predicted octanol–water partition coefficient (Wildman–Crippen LogP) is 6.52. The highest BCUT2D eigenvalue weighted by molar-refractivity contribution is 8.26. The molecule has 3 fully saturated rings. The van der Waals surface area contributed by atoms with Gasteiger partial charge in [-0.05, 0) is 85.8 Å². The zero-order valence-corrected chi connectivity index (χ0v) is 21.9. The van der Waals surface area contributed by atoms with Gasteiger partial charge < -0.3 is 9.84 Å². The number of methoxy groups -OCH3 is 1. The first kappa shape index (κ1) is 24.0. The Morgan fingerprint density at radius 2 is 2.09 bits per heavy atom. The van der Waals surface area contributed by atoms with Crippen molar-refractivity contribution in [3.8, 4) is 16.2 Å². The molecule has 3 aliphatic rings. The number of ether oxygens (including phenoxy) is 1. The van der Waals surface area contributed by atoms with Crippen molar-refractivity contribution in [3.05, 3.63) is 45.7 Å². The van der Waals surface area contributed by atoms with E-state index in [2.05, 4.69) is 24.3 Å². The van der Waals surface area contributed by atoms with Crippen molar-refractivity contribution in [1.29, 1.82) is 0 Å². The summed E-state index contributed by atoms with van der Waals surface area (Å²) in [5, 5.41) is 9.14. The third-order valence-corrected chi connectivity index (χ3v) is 9.92. The molecule has 1 amide bonds. The molecule has 34 heavy (non-hydrogen) atoms. The average Bonchev–Trinajstić information content (AvgIpc) is 3.62. The lowest BCUT2D eigenvalue weighted by molar-refractivity contribution is -0.124. The number of amides is 1. The van der Waals surface area contributed by atoms with Crippen LogP contribution in [0.2, 0.25) is 0 Å². The van der Waals surface area contributed by atoms with E-state index in [1.165, 1.54) is 41.5 Å². The van der Waals surface area contributed by atoms with E-state index in [1.54, 1.807) is 18.4 Å². The van der Waals surface area contributed by atoms with Crippen LogP contribution < -0.4 is 4.74 Å². The smallest absolute Gasteiger partial charge is 0.266 e. The zero-order valence-electron chi connectivity index (χ0n) is 19.5. The number of aryl methyl sites for hydroxylation is 1. The third-order valence-electron chi connectivity index (χ3n) is 7.42. The van der Waals surface area contributed by atoms with Crippen LogP contribution in [0, 0.1) is 11.8 Å². The molecule has 4 nitrogen and oxygen atoms in total. The SMILES string of the molecule is COc1cccc(-c2cc(CCCCCO)c(/C=C3/SC(=S)N(C4CC5CCC4C5)C3=O)s2)c1. The van der Waals surface area contributed by atoms with Gasteiger partial charge in [-0.15, -0.1) is 11.3 Å². The lowest BCUT2D eigenvalue weighted by Crippen LogP contribution is -2.41. The summed E-state index contributed by atoms with van der Waals surface area (Å²) in [5.74, 6) is 2.32. The Labute approximate surface area is 215 Å². The Morgan fingerprint density at radius 1 is 1.21 bits per heavy atom. The normalized spacial score (nSPS) is 25.2. The Kier molecular flexibility index (Phi) is 7.44. The fraction of sp³-hybridized carbons (Fsp3) is 0.481. The summed E-state index contributed by atoms with van der Waals surface area (Å²) < 4.78 is 6.15. The minimum absolute atomic E-state index is 0.0927. The second kappa shape index (κ2) is 10.5. The van der Waals surface area contributed by atoms with Crippen LogP contribution >= 0.6 is 35.3 Å². The molecular weight excluding hydrogens is 483 g/mol. The first-order chi connectivity index (χ1) is 16.6. The maximum absolute atomic E-state index is 13.5. The lowest BCUT2D eigenvalue weighted by Gasteiger charge is -2.30. The number of thioether (sulfide) groups is 1. The van der Waals surface area contributed by atoms with Crippen molar-refractivity contribution in [1.82, 2.24) is 4.90 Å². The Bertz CT molecular complexity index is 1110. The van der Waals surface area contributed by atoms with E-state index >= 15 is 0 Å². The van der Waals surface area contributed by atoms with Gasteiger partial charge in [-0.3, -0.25) is 9.69 Å². The number of nitrogens with zero attached hydrogens (tertiary/aromatic N) is 1. The second-order valence-electron chi connectivity index (χ2n) is 9.56. The number of aliphatic hydroxyl groups is 1. The highest BCUT2D eigenvalue weighted by atomic mass is 32.2. The monoisotopic (exact) mass is 513 g/mol. The minimum Gasteiger partial charge on any atom is -0.497 e. The topological polar surface area (TPSA) is 49.8 Å². The van der Waals surface area contributed by atoms with Crippen LogP contribution in [0.3, 0.4) is 0 Å². The quantitative estimate of drug-likeness (QED) is 0.235. The van der Waals surface area contributed by atoms with Gasteiger partial charge >= 0.3 is 0 Å². The van der Waals surface area contributed by atoms with Gasteiger partial charge in [0.2, 0.25) is 0 Å². The number of unbranched alkanes of at least 4 members (excludes halogenated alkanes) is 2. The van der Waals surface area contributed by atoms with Crippen molar-refractivity contribution < 1.29 is 14.6 Å². The average molecular weight is 514 g/mol. The molecule has 2 aromatic rings. The van der Waals surface area contributed by atoms with Gasteiger partial charge in [0.05, 0.1) is 12.0 Å². The van der Waals surface area contributed by atoms with Crippen LogP contribution in [-0.4, -0.2) is 40.0 Å². The Morgan fingerprint density at radius 3 is 2.82 bits per heavy atom. The number of thiophene rings is 1. The van der Waals surface area contributed by atoms with Gasteiger partial charge in [-0.25, -0.2) is 0 Å². The first-order valence-corrected chi connectivity index (χ1v) is 14.3. The Balaban J connectivity index is 1.42. The van der Waals surface area contributed by atoms with Gasteiger partial charge in [0.25, 0.3) is 5.91 Å². The molecule has 0 radical (unpaired) electrons. The summed E-state index contributed by atoms with van der Waals surface area (Å²) in [6.07, 6.45) is 10.7. The molecule has 3 unspecified atom stereocenters. The number of hydrogen-bond acceptors (Lipinski definition) is 6. The van der Waals surface area contributed by atoms with Crippen LogP contribution in [0.15, 0.2) is 35.2 Å². The van der Waals surface area contributed by atoms with Crippen molar-refractivity contribution >= 4 is 51.6 Å². The molecule has 2 heterocycles. The molecular formula is C27H31NO3S3. The predicted molar refractivity (Wildman–Crippen MR) is 145 cm³/mol. The highest BCUT2D eigenvalue weighted by Crippen LogP contribution is 2.49. The van der Waals surface area contributed by atoms with E-state index < -0.39 is 0 Å². The molecule has 2 saturated carbocycles. The zero-order chi connectivity index (χ0) is 23.7. The largest absolute Gasteiger partial charge is 0.497 e. The van der Waals surface area contributed by atoms with E-state index in [1.807, 2.05) is 17.0 Å². The Hall–Kier alpha value is -1.67. The fourth-order valence-corrected chi connectivity index (χ4v) is 8.28. The fourth-order valence-electron chi connectivity index (χ4n) is 5.70. The summed E-state index contributed by atoms with van der Waals surface area (Å²) >= 11 is 8.89. The number of hydrogen-bond donors (Lipinski definition) is 1. The van der Waals surface area contributed by atoms with E-state index in [0.717, 1.165) is 63.4 Å². The number of thiocarbonyl (C=S) groups is 1. The van der Waals surface area contributed by atoms with E-state index in [4.69, 9.17) is 22.1 Å². The maximum Gasteiger partial charge on any atom is 0.266 e. The molecule has 1 aliphatic heterocycles. The molecule has 180 valence electrons. The number of benzene rings is 1. The molecule has 0 spiro atoms. The molecule has 5 rings (SSSR count). The molecule has 1 N–H and O–H groups in total. The second-order valence-corrected chi connectivity index (χ2v) is 12.3. The highest BCUT2D eigenvalue weighted by Gasteiger charge is 2.48. The molecule has 1 saturated heterocycles. The standard InChI is InChI=1S/C27H31NO3S3/c1-31-21-8-5-7-19(14-21)23-15-20(6-3-2-4-11-29)24(33-23)16-25-26(30)28(27(32)34-25)22-13-17-9-10-18(22)12-17/h5,7-8,14-18,22,29H,2-4,6,9-13H2,1H3/b25-16+. The summed E-state index contributed by atoms with van der Waals surface area (Å²) in [4.78, 5) is 18.5. The van der Waals surface area contributed by atoms with E-state index in [0.29, 0.717) is 12.0 Å². The van der Waals surface area contributed by atoms with Gasteiger partial charge in [-0.1, -0.05) is 49.0 Å². The summed E-state index contributed by atoms with van der Waals surface area (Å²) in [6, 6.07) is 10.7. The van der Waals surface area contributed by atoms with Crippen LogP contribution in [0.5, 0.6) is 5.75 Å². The van der Waals surface area contributed by atoms with Crippen molar-refractivity contribution in [2.24, 2.45) is 11.8 Å². The maximum atomic E-state index is 13.5. The molecule has 1 aromatic heterocycles. The third kappa shape index (κ3) is 4.85. The molecule has 1 aromatic carbocycles. The summed E-state index contributed by atoms with van der Waals surface area (Å²) in [7, 11) is 1.68.